The molecule has 0 aliphatic carbocycles. The van der Waals surface area contributed by atoms with Crippen molar-refractivity contribution in [1.29, 1.82) is 0 Å². The molecule has 0 atom stereocenters. The summed E-state index contributed by atoms with van der Waals surface area (Å²) in [5.74, 6) is 0.117. The van der Waals surface area contributed by atoms with E-state index in [0.29, 0.717) is 50.6 Å². The van der Waals surface area contributed by atoms with Gasteiger partial charge in [-0.3, -0.25) is 0 Å². The summed E-state index contributed by atoms with van der Waals surface area (Å²) in [4.78, 5) is 55.1. The molecule has 0 radical (unpaired) electrons. The van der Waals surface area contributed by atoms with Gasteiger partial charge in [-0.15, -0.1) is 0 Å². The van der Waals surface area contributed by atoms with Crippen molar-refractivity contribution in [2.45, 2.75) is 13.2 Å². The zero-order chi connectivity index (χ0) is 72.0. The highest BCUT2D eigenvalue weighted by atomic mass is 16.5. The molecule has 19 rings (SSSR count). The van der Waals surface area contributed by atoms with Crippen LogP contribution in [0.4, 0.5) is 34.1 Å². The third-order valence-corrected chi connectivity index (χ3v) is 20.5. The van der Waals surface area contributed by atoms with Crippen LogP contribution >= 0.6 is 0 Å². The number of para-hydroxylation sites is 4. The Morgan fingerprint density at radius 1 is 0.296 bits per heavy atom. The normalized spacial score (nSPS) is 12.0. The largest absolute Gasteiger partial charge is 0.457 e. The molecular formula is C96H64BN7O4. The van der Waals surface area contributed by atoms with E-state index in [2.05, 4.69) is 208 Å². The monoisotopic (exact) mass is 1390 g/mol. The minimum Gasteiger partial charge on any atom is -0.457 e. The number of carbonyl (C=O) groups is 2. The Kier molecular flexibility index (Phi) is 16.5. The van der Waals surface area contributed by atoms with E-state index in [1.54, 1.807) is 12.1 Å². The first kappa shape index (κ1) is 64.5. The predicted molar refractivity (Wildman–Crippen MR) is 435 cm³/mol. The molecule has 108 heavy (non-hydrogen) atoms. The van der Waals surface area contributed by atoms with Crippen LogP contribution in [-0.4, -0.2) is 43.2 Å². The lowest BCUT2D eigenvalue weighted by atomic mass is 9.33. The van der Waals surface area contributed by atoms with Gasteiger partial charge in [0.25, 0.3) is 6.71 Å². The van der Waals surface area contributed by atoms with Crippen LogP contribution in [0.3, 0.4) is 0 Å². The van der Waals surface area contributed by atoms with Gasteiger partial charge >= 0.3 is 11.9 Å². The van der Waals surface area contributed by atoms with E-state index in [1.807, 2.05) is 158 Å². The number of hydrogen-bond donors (Lipinski definition) is 0. The quantitative estimate of drug-likeness (QED) is 0.0684. The van der Waals surface area contributed by atoms with Crippen molar-refractivity contribution in [2.24, 2.45) is 0 Å². The number of hydrogen-bond acceptors (Lipinski definition) is 10. The molecule has 3 aromatic heterocycles. The molecule has 11 nitrogen and oxygen atoms in total. The summed E-state index contributed by atoms with van der Waals surface area (Å²) >= 11 is 0. The summed E-state index contributed by atoms with van der Waals surface area (Å²) in [6.07, 6.45) is 0. The van der Waals surface area contributed by atoms with Crippen LogP contribution in [0.1, 0.15) is 31.8 Å². The molecule has 0 saturated heterocycles. The number of carbonyl (C=O) groups excluding carboxylic acids is 2. The van der Waals surface area contributed by atoms with E-state index in [-0.39, 0.29) is 19.9 Å². The van der Waals surface area contributed by atoms with Crippen molar-refractivity contribution in [1.82, 2.24) is 24.5 Å². The molecule has 0 saturated carbocycles. The van der Waals surface area contributed by atoms with Crippen LogP contribution in [0.5, 0.6) is 0 Å². The topological polar surface area (TPSA) is 116 Å². The molecular weight excluding hydrogens is 1330 g/mol. The van der Waals surface area contributed by atoms with Gasteiger partial charge in [0.15, 0.2) is 11.6 Å². The van der Waals surface area contributed by atoms with Crippen molar-refractivity contribution in [3.05, 3.63) is 386 Å². The molecule has 2 aliphatic rings. The second kappa shape index (κ2) is 27.7. The highest BCUT2D eigenvalue weighted by molar-refractivity contribution is 7.00. The van der Waals surface area contributed by atoms with Crippen LogP contribution in [0.25, 0.3) is 106 Å². The first-order valence-corrected chi connectivity index (χ1v) is 36.1. The third kappa shape index (κ3) is 12.0. The van der Waals surface area contributed by atoms with Crippen LogP contribution in [-0.2, 0) is 22.7 Å². The molecule has 0 spiro atoms. The number of ether oxygens (including phenoxy) is 2. The lowest BCUT2D eigenvalue weighted by Crippen LogP contribution is -2.61. The van der Waals surface area contributed by atoms with E-state index in [9.17, 15) is 9.59 Å². The van der Waals surface area contributed by atoms with Crippen molar-refractivity contribution in [3.8, 4) is 84.6 Å². The number of fused-ring (bicyclic) bond motifs is 7. The molecule has 14 aromatic carbocycles. The van der Waals surface area contributed by atoms with Crippen molar-refractivity contribution >= 4 is 91.0 Å². The summed E-state index contributed by atoms with van der Waals surface area (Å²) in [5, 5.41) is 1.43. The third-order valence-electron chi connectivity index (χ3n) is 20.5. The van der Waals surface area contributed by atoms with Crippen molar-refractivity contribution in [2.75, 3.05) is 9.80 Å². The minimum atomic E-state index is -0.484. The maximum absolute atomic E-state index is 14.3. The van der Waals surface area contributed by atoms with E-state index in [4.69, 9.17) is 29.4 Å². The fraction of sp³-hybridized carbons (Fsp3) is 0.0208. The molecule has 0 amide bonds. The maximum atomic E-state index is 14.3. The van der Waals surface area contributed by atoms with Gasteiger partial charge in [0.1, 0.15) is 13.2 Å². The van der Waals surface area contributed by atoms with Gasteiger partial charge in [-0.25, -0.2) is 29.5 Å². The molecule has 0 unspecified atom stereocenters. The number of anilines is 6. The Balaban J connectivity index is 0.801. The van der Waals surface area contributed by atoms with Gasteiger partial charge < -0.3 is 23.8 Å². The second-order valence-electron chi connectivity index (χ2n) is 27.1. The Morgan fingerprint density at radius 2 is 0.676 bits per heavy atom. The van der Waals surface area contributed by atoms with Gasteiger partial charge in [0.05, 0.1) is 50.6 Å². The molecule has 0 bridgehead atoms. The number of esters is 2. The van der Waals surface area contributed by atoms with Gasteiger partial charge in [0.2, 0.25) is 0 Å². The van der Waals surface area contributed by atoms with Crippen LogP contribution in [0.15, 0.2) is 364 Å². The van der Waals surface area contributed by atoms with E-state index < -0.39 is 11.9 Å². The van der Waals surface area contributed by atoms with Gasteiger partial charge in [0, 0.05) is 78.3 Å². The summed E-state index contributed by atoms with van der Waals surface area (Å²) in [6, 6.07) is 124. The smallest absolute Gasteiger partial charge is 0.338 e. The summed E-state index contributed by atoms with van der Waals surface area (Å²) in [7, 11) is 0. The summed E-state index contributed by atoms with van der Waals surface area (Å²) in [6.45, 7) is 0.164. The molecule has 0 N–H and O–H groups in total. The molecule has 0 fully saturated rings. The minimum absolute atomic E-state index is 0.0272. The number of benzene rings is 14. The molecule has 5 heterocycles. The van der Waals surface area contributed by atoms with Crippen LogP contribution < -0.4 is 26.2 Å². The lowest BCUT2D eigenvalue weighted by molar-refractivity contribution is 0.0464. The average molecular weight is 1390 g/mol. The first-order chi connectivity index (χ1) is 53.4. The number of aromatic nitrogens is 5. The highest BCUT2D eigenvalue weighted by Gasteiger charge is 2.43. The summed E-state index contributed by atoms with van der Waals surface area (Å²) < 4.78 is 14.1. The Labute approximate surface area is 624 Å². The van der Waals surface area contributed by atoms with E-state index in [0.717, 1.165) is 112 Å². The van der Waals surface area contributed by atoms with Crippen molar-refractivity contribution in [3.63, 3.8) is 0 Å². The summed E-state index contributed by atoms with van der Waals surface area (Å²) in [5.41, 5.74) is 25.1. The number of rotatable bonds is 16. The zero-order valence-corrected chi connectivity index (χ0v) is 58.4. The zero-order valence-electron chi connectivity index (χ0n) is 58.4. The van der Waals surface area contributed by atoms with Crippen LogP contribution in [0.2, 0.25) is 0 Å². The molecule has 12 heteroatoms. The lowest BCUT2D eigenvalue weighted by Gasteiger charge is -2.44. The highest BCUT2D eigenvalue weighted by Crippen LogP contribution is 2.47. The predicted octanol–water partition coefficient (Wildman–Crippen LogP) is 20.8. The standard InChI is InChI=1S/C96H64BN7O4/c105-95(107-61-63-26-8-1-9-27-63)71-49-52-85-76(55-71)77-56-72(96(106)108-62-64-28-10-2-11-29-64)50-53-86(77)104(85)87-51-48-70(83-59-81(66-30-12-3-13-31-66)98-93(100-83)68-34-16-5-17-35-68)54-78(87)84-60-82(67-32-14-4-15-33-67)99-94(101-84)69-46-44-65(45-47-69)73-57-90-92-91(58-73)103(75-38-20-7-21-39-75)89-43-25-23-41-80(89)97(92)79-40-22-24-42-88(79)102(90)74-36-18-6-19-37-74/h1-60H,61-62H2. The van der Waals surface area contributed by atoms with Gasteiger partial charge in [-0.05, 0) is 148 Å². The SMILES string of the molecule is O=C(OCc1ccccc1)c1ccc2c(c1)c1cc(C(=O)OCc3ccccc3)ccc1n2-c1ccc(-c2cc(-c3ccccc3)nc(-c3ccccc3)n2)cc1-c1cc(-c2ccccc2)nc(-c2ccc(-c3cc4c5c(c3)N(c3ccccc3)c3ccccc3B5c3ccccc3N4c3ccccc3)cc2)n1. The Morgan fingerprint density at radius 3 is 1.16 bits per heavy atom. The fourth-order valence-electron chi connectivity index (χ4n) is 15.4. The van der Waals surface area contributed by atoms with E-state index >= 15 is 0 Å². The maximum Gasteiger partial charge on any atom is 0.338 e. The van der Waals surface area contributed by atoms with Gasteiger partial charge in [-0.1, -0.05) is 255 Å². The number of nitrogens with zero attached hydrogens (tertiary/aromatic N) is 7. The molecule has 2 aliphatic heterocycles. The van der Waals surface area contributed by atoms with Crippen LogP contribution in [0, 0.1) is 0 Å². The van der Waals surface area contributed by atoms with E-state index in [1.165, 1.54) is 16.4 Å². The van der Waals surface area contributed by atoms with Crippen molar-refractivity contribution < 1.29 is 19.1 Å². The first-order valence-electron chi connectivity index (χ1n) is 36.1. The molecule has 510 valence electrons. The average Bonchev–Trinajstić information content (AvgIpc) is 0.822. The fourth-order valence-corrected chi connectivity index (χ4v) is 15.4. The Bertz CT molecular complexity index is 6010. The second-order valence-corrected chi connectivity index (χ2v) is 27.1. The Hall–Kier alpha value is -14.4. The van der Waals surface area contributed by atoms with Gasteiger partial charge in [-0.2, -0.15) is 0 Å². The molecule has 17 aromatic rings.